The number of alkyl halides is 5. The summed E-state index contributed by atoms with van der Waals surface area (Å²) < 4.78 is 61.8. The number of halogens is 6. The maximum absolute atomic E-state index is 12.4. The molecule has 0 spiro atoms. The molecule has 1 aromatic heterocycles. The van der Waals surface area contributed by atoms with Crippen LogP contribution in [0, 0.1) is 3.57 Å². The zero-order valence-corrected chi connectivity index (χ0v) is 9.81. The zero-order valence-electron chi connectivity index (χ0n) is 7.65. The highest BCUT2D eigenvalue weighted by Crippen LogP contribution is 2.34. The van der Waals surface area contributed by atoms with Gasteiger partial charge < -0.3 is 5.73 Å². The van der Waals surface area contributed by atoms with E-state index >= 15 is 0 Å². The lowest BCUT2D eigenvalue weighted by atomic mass is 10.1. The second kappa shape index (κ2) is 4.78. The molecule has 2 N–H and O–H groups in total. The van der Waals surface area contributed by atoms with Crippen molar-refractivity contribution >= 4 is 22.6 Å². The molecular formula is C8H6F5IN2. The Kier molecular flexibility index (Phi) is 4.05. The second-order valence-corrected chi connectivity index (χ2v) is 4.03. The van der Waals surface area contributed by atoms with E-state index in [-0.39, 0.29) is 15.7 Å². The van der Waals surface area contributed by atoms with Gasteiger partial charge >= 0.3 is 6.18 Å². The van der Waals surface area contributed by atoms with Gasteiger partial charge in [0.15, 0.2) is 5.69 Å². The highest BCUT2D eigenvalue weighted by molar-refractivity contribution is 14.1. The van der Waals surface area contributed by atoms with E-state index in [9.17, 15) is 22.0 Å². The minimum atomic E-state index is -4.74. The fraction of sp³-hybridized carbons (Fsp3) is 0.375. The van der Waals surface area contributed by atoms with Crippen LogP contribution in [-0.2, 0) is 12.7 Å². The van der Waals surface area contributed by atoms with Gasteiger partial charge in [0, 0.05) is 10.1 Å². The van der Waals surface area contributed by atoms with Crippen LogP contribution in [0.1, 0.15) is 23.4 Å². The maximum atomic E-state index is 12.4. The van der Waals surface area contributed by atoms with Crippen LogP contribution in [-0.4, -0.2) is 4.98 Å². The normalized spacial score (nSPS) is 12.2. The summed E-state index contributed by atoms with van der Waals surface area (Å²) in [5.41, 5.74) is 2.87. The van der Waals surface area contributed by atoms with E-state index in [1.54, 1.807) is 0 Å². The largest absolute Gasteiger partial charge is 0.434 e. The summed E-state index contributed by atoms with van der Waals surface area (Å²) >= 11 is 1.39. The van der Waals surface area contributed by atoms with E-state index in [0.29, 0.717) is 0 Å². The average molecular weight is 352 g/mol. The molecule has 2 nitrogen and oxygen atoms in total. The number of hydrogen-bond acceptors (Lipinski definition) is 2. The van der Waals surface area contributed by atoms with Crippen molar-refractivity contribution in [3.8, 4) is 0 Å². The maximum Gasteiger partial charge on any atom is 0.434 e. The molecular weight excluding hydrogens is 346 g/mol. The summed E-state index contributed by atoms with van der Waals surface area (Å²) in [6, 6.07) is 0.984. The molecule has 90 valence electrons. The Morgan fingerprint density at radius 1 is 1.38 bits per heavy atom. The van der Waals surface area contributed by atoms with Crippen molar-refractivity contribution in [2.45, 2.75) is 19.1 Å². The first-order valence-electron chi connectivity index (χ1n) is 4.02. The molecule has 0 fully saturated rings. The predicted octanol–water partition coefficient (Wildman–Crippen LogP) is 3.10. The van der Waals surface area contributed by atoms with E-state index in [4.69, 9.17) is 5.73 Å². The first-order chi connectivity index (χ1) is 7.27. The fourth-order valence-electron chi connectivity index (χ4n) is 1.09. The topological polar surface area (TPSA) is 38.9 Å². The Morgan fingerprint density at radius 2 is 1.94 bits per heavy atom. The molecule has 0 atom stereocenters. The van der Waals surface area contributed by atoms with Gasteiger partial charge in [-0.2, -0.15) is 13.2 Å². The van der Waals surface area contributed by atoms with Crippen LogP contribution >= 0.6 is 22.6 Å². The van der Waals surface area contributed by atoms with Crippen LogP contribution in [0.4, 0.5) is 22.0 Å². The summed E-state index contributed by atoms with van der Waals surface area (Å²) in [5, 5.41) is 0. The number of rotatable bonds is 2. The minimum absolute atomic E-state index is 0.0765. The lowest BCUT2D eigenvalue weighted by Crippen LogP contribution is -2.15. The summed E-state index contributed by atoms with van der Waals surface area (Å²) in [7, 11) is 0. The van der Waals surface area contributed by atoms with Crippen molar-refractivity contribution in [3.63, 3.8) is 0 Å². The highest BCUT2D eigenvalue weighted by atomic mass is 127. The molecule has 0 radical (unpaired) electrons. The van der Waals surface area contributed by atoms with Crippen LogP contribution < -0.4 is 5.73 Å². The number of pyridine rings is 1. The highest BCUT2D eigenvalue weighted by Gasteiger charge is 2.36. The molecule has 0 aliphatic rings. The van der Waals surface area contributed by atoms with Crippen molar-refractivity contribution in [2.24, 2.45) is 5.73 Å². The van der Waals surface area contributed by atoms with Crippen molar-refractivity contribution in [1.29, 1.82) is 0 Å². The Bertz CT molecular complexity index is 391. The third kappa shape index (κ3) is 2.78. The summed E-state index contributed by atoms with van der Waals surface area (Å²) in [6.45, 7) is -0.277. The molecule has 0 aromatic carbocycles. The lowest BCUT2D eigenvalue weighted by molar-refractivity contribution is -0.142. The first-order valence-corrected chi connectivity index (χ1v) is 5.10. The second-order valence-electron chi connectivity index (χ2n) is 2.87. The molecule has 1 aromatic rings. The van der Waals surface area contributed by atoms with Crippen LogP contribution in [0.5, 0.6) is 0 Å². The van der Waals surface area contributed by atoms with Gasteiger partial charge in [-0.3, -0.25) is 0 Å². The number of aromatic nitrogens is 1. The van der Waals surface area contributed by atoms with Crippen molar-refractivity contribution in [2.75, 3.05) is 0 Å². The summed E-state index contributed by atoms with van der Waals surface area (Å²) in [5.74, 6) is 0. The number of hydrogen-bond donors (Lipinski definition) is 1. The molecule has 0 bridgehead atoms. The smallest absolute Gasteiger partial charge is 0.326 e. The van der Waals surface area contributed by atoms with E-state index < -0.39 is 24.0 Å². The number of nitrogens with zero attached hydrogens (tertiary/aromatic N) is 1. The van der Waals surface area contributed by atoms with Gasteiger partial charge in [0.1, 0.15) is 5.69 Å². The Labute approximate surface area is 101 Å². The Morgan fingerprint density at radius 3 is 2.31 bits per heavy atom. The quantitative estimate of drug-likeness (QED) is 0.656. The molecule has 0 aliphatic heterocycles. The molecule has 0 saturated carbocycles. The van der Waals surface area contributed by atoms with E-state index in [2.05, 4.69) is 4.98 Å². The Hall–Kier alpha value is -0.510. The van der Waals surface area contributed by atoms with Gasteiger partial charge in [0.2, 0.25) is 0 Å². The van der Waals surface area contributed by atoms with Gasteiger partial charge in [-0.05, 0) is 34.2 Å². The van der Waals surface area contributed by atoms with Gasteiger partial charge in [0.25, 0.3) is 6.43 Å². The zero-order chi connectivity index (χ0) is 12.5. The Balaban J connectivity index is 3.39. The molecule has 0 aliphatic carbocycles. The summed E-state index contributed by atoms with van der Waals surface area (Å²) in [6.07, 6.45) is -7.82. The first kappa shape index (κ1) is 13.6. The van der Waals surface area contributed by atoms with Gasteiger partial charge in [-0.25, -0.2) is 13.8 Å². The average Bonchev–Trinajstić information content (AvgIpc) is 2.14. The van der Waals surface area contributed by atoms with Gasteiger partial charge in [-0.15, -0.1) is 0 Å². The van der Waals surface area contributed by atoms with Crippen molar-refractivity contribution in [1.82, 2.24) is 4.98 Å². The molecule has 1 heterocycles. The molecule has 16 heavy (non-hydrogen) atoms. The van der Waals surface area contributed by atoms with Crippen molar-refractivity contribution in [3.05, 3.63) is 26.6 Å². The van der Waals surface area contributed by atoms with Crippen molar-refractivity contribution < 1.29 is 22.0 Å². The SMILES string of the molecule is NCc1cc(I)c(C(F)(F)F)nc1C(F)F. The minimum Gasteiger partial charge on any atom is -0.326 e. The van der Waals surface area contributed by atoms with Crippen LogP contribution in [0.3, 0.4) is 0 Å². The van der Waals surface area contributed by atoms with E-state index in [0.717, 1.165) is 6.07 Å². The third-order valence-corrected chi connectivity index (χ3v) is 2.61. The summed E-state index contributed by atoms with van der Waals surface area (Å²) in [4.78, 5) is 2.95. The van der Waals surface area contributed by atoms with Gasteiger partial charge in [-0.1, -0.05) is 0 Å². The van der Waals surface area contributed by atoms with E-state index in [1.165, 1.54) is 22.6 Å². The van der Waals surface area contributed by atoms with Crippen LogP contribution in [0.15, 0.2) is 6.07 Å². The molecule has 1 rings (SSSR count). The number of nitrogens with two attached hydrogens (primary N) is 1. The van der Waals surface area contributed by atoms with Crippen LogP contribution in [0.2, 0.25) is 0 Å². The molecule has 0 saturated heterocycles. The van der Waals surface area contributed by atoms with Gasteiger partial charge in [0.05, 0.1) is 0 Å². The molecule has 0 unspecified atom stereocenters. The standard InChI is InChI=1S/C8H6F5IN2/c9-7(10)5-3(2-15)1-4(14)6(16-5)8(11,12)13/h1,7H,2,15H2. The van der Waals surface area contributed by atoms with Crippen LogP contribution in [0.25, 0.3) is 0 Å². The lowest BCUT2D eigenvalue weighted by Gasteiger charge is -2.13. The monoisotopic (exact) mass is 352 g/mol. The third-order valence-electron chi connectivity index (χ3n) is 1.78. The predicted molar refractivity (Wildman–Crippen MR) is 54.8 cm³/mol. The van der Waals surface area contributed by atoms with E-state index in [1.807, 2.05) is 0 Å². The molecule has 8 heteroatoms. The molecule has 0 amide bonds. The fourth-order valence-corrected chi connectivity index (χ4v) is 1.89.